The Kier molecular flexibility index (Phi) is 7.77. The molecule has 4 N–H and O–H groups in total. The number of aryl methyl sites for hydroxylation is 1. The van der Waals surface area contributed by atoms with Crippen molar-refractivity contribution >= 4 is 29.1 Å². The molecule has 2 amide bonds. The minimum atomic E-state index is -4.68. The third kappa shape index (κ3) is 5.53. The van der Waals surface area contributed by atoms with E-state index >= 15 is 0 Å². The molecule has 1 saturated heterocycles. The first-order valence-electron chi connectivity index (χ1n) is 10.8. The molecular formula is C22H28F3N7O4. The molecule has 0 aromatic carbocycles. The molecule has 1 aliphatic rings. The molecule has 1 aliphatic heterocycles. The molecule has 11 nitrogen and oxygen atoms in total. The second-order valence-electron chi connectivity index (χ2n) is 8.33. The number of amides is 2. The number of methoxy groups -OCH3 is 2. The van der Waals surface area contributed by atoms with Crippen molar-refractivity contribution < 1.29 is 27.4 Å². The number of likely N-dealkylation sites (N-methyl/N-ethyl adjacent to an activating group) is 1. The van der Waals surface area contributed by atoms with Gasteiger partial charge in [-0.15, -0.1) is 0 Å². The van der Waals surface area contributed by atoms with Crippen LogP contribution in [0.4, 0.5) is 35.2 Å². The van der Waals surface area contributed by atoms with E-state index in [1.807, 2.05) is 4.90 Å². The summed E-state index contributed by atoms with van der Waals surface area (Å²) in [5, 5.41) is 10.2. The highest BCUT2D eigenvalue weighted by Crippen LogP contribution is 2.30. The summed E-state index contributed by atoms with van der Waals surface area (Å²) in [7, 11) is 5.52. The lowest BCUT2D eigenvalue weighted by Gasteiger charge is -2.42. The molecule has 3 rings (SSSR count). The summed E-state index contributed by atoms with van der Waals surface area (Å²) in [6, 6.07) is 1.13. The monoisotopic (exact) mass is 511 g/mol. The SMILES string of the molecule is COC(=N)c1cc(N2CC[C@H](N(C)C(=O)Nc3cc(C(F)(F)F)cn(C)c3=O)[C@H](OC)C2)cnc1N. The highest BCUT2D eigenvalue weighted by atomic mass is 19.4. The number of pyridine rings is 2. The van der Waals surface area contributed by atoms with Crippen LogP contribution < -0.4 is 21.5 Å². The van der Waals surface area contributed by atoms with Crippen LogP contribution in [-0.4, -0.2) is 72.9 Å². The van der Waals surface area contributed by atoms with Crippen LogP contribution in [0.5, 0.6) is 0 Å². The quantitative estimate of drug-likeness (QED) is 0.413. The average molecular weight is 512 g/mol. The predicted octanol–water partition coefficient (Wildman–Crippen LogP) is 2.11. The average Bonchev–Trinajstić information content (AvgIpc) is 2.84. The Morgan fingerprint density at radius 2 is 2.03 bits per heavy atom. The van der Waals surface area contributed by atoms with Crippen LogP contribution in [-0.2, 0) is 22.7 Å². The number of piperidine rings is 1. The van der Waals surface area contributed by atoms with Crippen molar-refractivity contribution in [1.82, 2.24) is 14.5 Å². The minimum absolute atomic E-state index is 0.128. The molecule has 1 fully saturated rings. The van der Waals surface area contributed by atoms with E-state index in [9.17, 15) is 22.8 Å². The number of nitrogens with one attached hydrogen (secondary N) is 2. The standard InChI is InChI=1S/C22H28F3N7O4/c1-30-10-12(22(23,24)25)7-15(20(30)33)29-21(34)31(2)16-5-6-32(11-17(16)35-3)13-8-14(19(27)36-4)18(26)28-9-13/h7-10,16-17,27H,5-6,11H2,1-4H3,(H2,26,28)(H,29,34)/t16-,17+/m0/s1. The molecule has 14 heteroatoms. The van der Waals surface area contributed by atoms with E-state index in [1.165, 1.54) is 33.2 Å². The number of nitrogens with zero attached hydrogens (tertiary/aromatic N) is 4. The maximum Gasteiger partial charge on any atom is 0.417 e. The van der Waals surface area contributed by atoms with Crippen LogP contribution in [0.3, 0.4) is 0 Å². The van der Waals surface area contributed by atoms with Gasteiger partial charge >= 0.3 is 12.2 Å². The number of halogens is 3. The van der Waals surface area contributed by atoms with E-state index in [0.29, 0.717) is 43.0 Å². The van der Waals surface area contributed by atoms with Crippen LogP contribution in [0, 0.1) is 5.41 Å². The van der Waals surface area contributed by atoms with Gasteiger partial charge in [0, 0.05) is 40.5 Å². The number of urea groups is 1. The number of hydrogen-bond acceptors (Lipinski definition) is 8. The van der Waals surface area contributed by atoms with Crippen molar-refractivity contribution in [3.8, 4) is 0 Å². The van der Waals surface area contributed by atoms with Crippen molar-refractivity contribution in [3.05, 3.63) is 46.0 Å². The third-order valence-electron chi connectivity index (χ3n) is 6.12. The molecule has 196 valence electrons. The molecule has 0 aliphatic carbocycles. The zero-order valence-electron chi connectivity index (χ0n) is 20.2. The molecule has 0 saturated carbocycles. The van der Waals surface area contributed by atoms with Gasteiger partial charge in [0.15, 0.2) is 0 Å². The molecule has 2 aromatic heterocycles. The Bertz CT molecular complexity index is 1200. The van der Waals surface area contributed by atoms with Gasteiger partial charge in [0.25, 0.3) is 5.56 Å². The topological polar surface area (TPSA) is 139 Å². The lowest BCUT2D eigenvalue weighted by molar-refractivity contribution is -0.138. The van der Waals surface area contributed by atoms with E-state index in [-0.39, 0.29) is 11.7 Å². The summed E-state index contributed by atoms with van der Waals surface area (Å²) in [6.45, 7) is 0.842. The molecule has 0 unspecified atom stereocenters. The largest absolute Gasteiger partial charge is 0.481 e. The van der Waals surface area contributed by atoms with Crippen LogP contribution in [0.15, 0.2) is 29.3 Å². The normalized spacial score (nSPS) is 18.0. The maximum absolute atomic E-state index is 13.2. The van der Waals surface area contributed by atoms with Gasteiger partial charge in [-0.1, -0.05) is 0 Å². The molecule has 0 radical (unpaired) electrons. The Balaban J connectivity index is 1.76. The van der Waals surface area contributed by atoms with Gasteiger partial charge in [-0.2, -0.15) is 13.2 Å². The molecular weight excluding hydrogens is 483 g/mol. The fourth-order valence-corrected chi connectivity index (χ4v) is 4.05. The molecule has 36 heavy (non-hydrogen) atoms. The second kappa shape index (κ2) is 10.4. The smallest absolute Gasteiger partial charge is 0.417 e. The van der Waals surface area contributed by atoms with Gasteiger partial charge in [-0.25, -0.2) is 9.78 Å². The van der Waals surface area contributed by atoms with Gasteiger partial charge in [0.2, 0.25) is 5.90 Å². The first-order chi connectivity index (χ1) is 16.9. The van der Waals surface area contributed by atoms with Gasteiger partial charge in [0.05, 0.1) is 42.3 Å². The molecule has 0 bridgehead atoms. The Hall–Kier alpha value is -3.81. The number of rotatable bonds is 5. The number of nitrogens with two attached hydrogens (primary N) is 1. The summed E-state index contributed by atoms with van der Waals surface area (Å²) in [4.78, 5) is 32.6. The molecule has 3 heterocycles. The van der Waals surface area contributed by atoms with Crippen molar-refractivity contribution in [2.24, 2.45) is 7.05 Å². The molecule has 0 spiro atoms. The predicted molar refractivity (Wildman–Crippen MR) is 127 cm³/mol. The summed E-state index contributed by atoms with van der Waals surface area (Å²) in [6.07, 6.45) is -2.46. The minimum Gasteiger partial charge on any atom is -0.481 e. The summed E-state index contributed by atoms with van der Waals surface area (Å²) >= 11 is 0. The number of alkyl halides is 3. The van der Waals surface area contributed by atoms with Gasteiger partial charge in [0.1, 0.15) is 11.5 Å². The van der Waals surface area contributed by atoms with Gasteiger partial charge < -0.3 is 34.9 Å². The number of nitrogen functional groups attached to an aromatic ring is 1. The fourth-order valence-electron chi connectivity index (χ4n) is 4.05. The van der Waals surface area contributed by atoms with E-state index in [4.69, 9.17) is 20.6 Å². The summed E-state index contributed by atoms with van der Waals surface area (Å²) in [5.41, 5.74) is 4.57. The van der Waals surface area contributed by atoms with Crippen molar-refractivity contribution in [2.75, 3.05) is 50.3 Å². The number of aromatic nitrogens is 2. The summed E-state index contributed by atoms with van der Waals surface area (Å²) < 4.78 is 50.8. The first-order valence-corrected chi connectivity index (χ1v) is 10.8. The van der Waals surface area contributed by atoms with Crippen LogP contribution >= 0.6 is 0 Å². The highest BCUT2D eigenvalue weighted by molar-refractivity contribution is 5.96. The molecule has 2 aromatic rings. The van der Waals surface area contributed by atoms with Crippen LogP contribution in [0.25, 0.3) is 0 Å². The van der Waals surface area contributed by atoms with Crippen LogP contribution in [0.1, 0.15) is 17.5 Å². The Morgan fingerprint density at radius 3 is 2.64 bits per heavy atom. The third-order valence-corrected chi connectivity index (χ3v) is 6.12. The zero-order valence-corrected chi connectivity index (χ0v) is 20.2. The van der Waals surface area contributed by atoms with Crippen LogP contribution in [0.2, 0.25) is 0 Å². The number of anilines is 3. The van der Waals surface area contributed by atoms with Gasteiger partial charge in [-0.3, -0.25) is 10.2 Å². The number of ether oxygens (including phenoxy) is 2. The first kappa shape index (κ1) is 26.8. The van der Waals surface area contributed by atoms with Crippen molar-refractivity contribution in [3.63, 3.8) is 0 Å². The Labute approximate surface area is 205 Å². The Morgan fingerprint density at radius 1 is 1.33 bits per heavy atom. The van der Waals surface area contributed by atoms with E-state index < -0.39 is 41.2 Å². The number of hydrogen-bond donors (Lipinski definition) is 3. The van der Waals surface area contributed by atoms with Crippen molar-refractivity contribution in [1.29, 1.82) is 5.41 Å². The van der Waals surface area contributed by atoms with E-state index in [2.05, 4.69) is 10.3 Å². The van der Waals surface area contributed by atoms with Gasteiger partial charge in [-0.05, 0) is 18.6 Å². The lowest BCUT2D eigenvalue weighted by atomic mass is 9.99. The lowest BCUT2D eigenvalue weighted by Crippen LogP contribution is -2.56. The highest BCUT2D eigenvalue weighted by Gasteiger charge is 2.36. The number of carbonyl (C=O) groups is 1. The zero-order chi connectivity index (χ0) is 26.8. The fraction of sp³-hybridized carbons (Fsp3) is 0.455. The van der Waals surface area contributed by atoms with E-state index in [1.54, 1.807) is 12.3 Å². The number of carbonyl (C=O) groups excluding carboxylic acids is 1. The van der Waals surface area contributed by atoms with E-state index in [0.717, 1.165) is 4.57 Å². The van der Waals surface area contributed by atoms with Crippen molar-refractivity contribution in [2.45, 2.75) is 24.7 Å². The molecule has 2 atom stereocenters. The second-order valence-corrected chi connectivity index (χ2v) is 8.33. The summed E-state index contributed by atoms with van der Waals surface area (Å²) in [5.74, 6) is 0.0260. The maximum atomic E-state index is 13.2.